The van der Waals surface area contributed by atoms with Crippen molar-refractivity contribution in [1.29, 1.82) is 0 Å². The minimum Gasteiger partial charge on any atom is -0.339 e. The zero-order chi connectivity index (χ0) is 14.4. The van der Waals surface area contributed by atoms with Crippen LogP contribution >= 0.6 is 33.9 Å². The molecule has 0 heterocycles. The third-order valence-electron chi connectivity index (χ3n) is 2.91. The number of carbonyl (C=O) groups excluding carboxylic acids is 1. The molecule has 1 aliphatic rings. The highest BCUT2D eigenvalue weighted by atomic mass is 35.7. The Bertz CT molecular complexity index is 641. The second-order valence-corrected chi connectivity index (χ2v) is 7.70. The van der Waals surface area contributed by atoms with Crippen LogP contribution in [0.1, 0.15) is 23.2 Å². The molecular weight excluding hydrogens is 333 g/mol. The smallest absolute Gasteiger partial charge is 0.262 e. The molecule has 0 bridgehead atoms. The molecule has 0 N–H and O–H groups in total. The van der Waals surface area contributed by atoms with Gasteiger partial charge in [0, 0.05) is 28.8 Å². The van der Waals surface area contributed by atoms with Crippen LogP contribution in [0.25, 0.3) is 0 Å². The van der Waals surface area contributed by atoms with E-state index in [-0.39, 0.29) is 32.5 Å². The van der Waals surface area contributed by atoms with Gasteiger partial charge in [0.1, 0.15) is 4.90 Å². The van der Waals surface area contributed by atoms with E-state index in [1.165, 1.54) is 11.0 Å². The summed E-state index contributed by atoms with van der Waals surface area (Å²) in [6.07, 6.45) is 1.86. The number of amides is 1. The second-order valence-electron chi connectivity index (χ2n) is 4.35. The second kappa shape index (κ2) is 5.13. The first-order valence-corrected chi connectivity index (χ1v) is 8.49. The standard InChI is InChI=1S/C11H10Cl3NO3S/c1-15(7-2-3-7)11(16)8-4-6(12)5-9(10(8)13)19(14,17)18/h4-5,7H,2-3H2,1H3. The van der Waals surface area contributed by atoms with Gasteiger partial charge >= 0.3 is 0 Å². The van der Waals surface area contributed by atoms with Crippen molar-refractivity contribution in [3.05, 3.63) is 27.7 Å². The van der Waals surface area contributed by atoms with Crippen LogP contribution in [0, 0.1) is 0 Å². The van der Waals surface area contributed by atoms with Gasteiger partial charge in [-0.25, -0.2) is 8.42 Å². The lowest BCUT2D eigenvalue weighted by atomic mass is 10.2. The van der Waals surface area contributed by atoms with E-state index in [1.54, 1.807) is 7.05 Å². The van der Waals surface area contributed by atoms with E-state index in [1.807, 2.05) is 0 Å². The summed E-state index contributed by atoms with van der Waals surface area (Å²) in [4.78, 5) is 13.4. The third kappa shape index (κ3) is 3.16. The van der Waals surface area contributed by atoms with Crippen molar-refractivity contribution in [2.75, 3.05) is 7.05 Å². The molecule has 0 aromatic heterocycles. The summed E-state index contributed by atoms with van der Waals surface area (Å²) in [6, 6.07) is 2.65. The first kappa shape index (κ1) is 14.9. The molecule has 1 aromatic carbocycles. The molecule has 0 aliphatic heterocycles. The molecule has 1 aliphatic carbocycles. The minimum absolute atomic E-state index is 0.0443. The van der Waals surface area contributed by atoms with Gasteiger partial charge in [0.25, 0.3) is 15.0 Å². The summed E-state index contributed by atoms with van der Waals surface area (Å²) in [5.41, 5.74) is 0.0443. The highest BCUT2D eigenvalue weighted by Crippen LogP contribution is 2.34. The summed E-state index contributed by atoms with van der Waals surface area (Å²) < 4.78 is 22.8. The van der Waals surface area contributed by atoms with Crippen LogP contribution < -0.4 is 0 Å². The number of hydrogen-bond acceptors (Lipinski definition) is 3. The normalized spacial score (nSPS) is 15.4. The predicted molar refractivity (Wildman–Crippen MR) is 74.6 cm³/mol. The molecule has 0 radical (unpaired) electrons. The highest BCUT2D eigenvalue weighted by Gasteiger charge is 2.32. The van der Waals surface area contributed by atoms with Crippen LogP contribution in [-0.2, 0) is 9.05 Å². The summed E-state index contributed by atoms with van der Waals surface area (Å²) in [5.74, 6) is -0.364. The quantitative estimate of drug-likeness (QED) is 0.793. The number of rotatable bonds is 3. The Labute approximate surface area is 125 Å². The van der Waals surface area contributed by atoms with E-state index in [9.17, 15) is 13.2 Å². The van der Waals surface area contributed by atoms with Gasteiger partial charge in [0.05, 0.1) is 10.6 Å². The number of nitrogens with zero attached hydrogens (tertiary/aromatic N) is 1. The van der Waals surface area contributed by atoms with Gasteiger partial charge in [-0.3, -0.25) is 4.79 Å². The predicted octanol–water partition coefficient (Wildman–Crippen LogP) is 3.16. The minimum atomic E-state index is -4.06. The number of benzene rings is 1. The van der Waals surface area contributed by atoms with Crippen molar-refractivity contribution in [2.24, 2.45) is 0 Å². The molecule has 1 aromatic rings. The first-order valence-electron chi connectivity index (χ1n) is 5.42. The lowest BCUT2D eigenvalue weighted by molar-refractivity contribution is 0.0785. The number of hydrogen-bond donors (Lipinski definition) is 0. The SMILES string of the molecule is CN(C(=O)c1cc(Cl)cc(S(=O)(=O)Cl)c1Cl)C1CC1. The maximum Gasteiger partial charge on any atom is 0.262 e. The Balaban J connectivity index is 2.51. The highest BCUT2D eigenvalue weighted by molar-refractivity contribution is 8.13. The monoisotopic (exact) mass is 341 g/mol. The van der Waals surface area contributed by atoms with E-state index < -0.39 is 9.05 Å². The van der Waals surface area contributed by atoms with E-state index in [4.69, 9.17) is 33.9 Å². The number of carbonyl (C=O) groups is 1. The molecule has 2 rings (SSSR count). The van der Waals surface area contributed by atoms with Crippen molar-refractivity contribution in [2.45, 2.75) is 23.8 Å². The molecule has 1 fully saturated rings. The topological polar surface area (TPSA) is 54.5 Å². The summed E-state index contributed by atoms with van der Waals surface area (Å²) in [7, 11) is 2.86. The average molecular weight is 343 g/mol. The Hall–Kier alpha value is -0.490. The maximum atomic E-state index is 12.2. The van der Waals surface area contributed by atoms with Crippen molar-refractivity contribution in [3.63, 3.8) is 0 Å². The van der Waals surface area contributed by atoms with E-state index in [0.29, 0.717) is 0 Å². The van der Waals surface area contributed by atoms with Gasteiger partial charge in [-0.05, 0) is 25.0 Å². The molecule has 0 saturated heterocycles. The van der Waals surface area contributed by atoms with Gasteiger partial charge in [-0.2, -0.15) is 0 Å². The number of halogens is 3. The van der Waals surface area contributed by atoms with Crippen LogP contribution in [0.2, 0.25) is 10.0 Å². The van der Waals surface area contributed by atoms with Crippen LogP contribution in [0.3, 0.4) is 0 Å². The van der Waals surface area contributed by atoms with Crippen LogP contribution in [0.4, 0.5) is 0 Å². The Morgan fingerprint density at radius 3 is 2.37 bits per heavy atom. The fourth-order valence-electron chi connectivity index (χ4n) is 1.71. The van der Waals surface area contributed by atoms with E-state index in [2.05, 4.69) is 0 Å². The van der Waals surface area contributed by atoms with E-state index >= 15 is 0 Å². The average Bonchev–Trinajstić information content (AvgIpc) is 3.12. The molecule has 19 heavy (non-hydrogen) atoms. The molecule has 4 nitrogen and oxygen atoms in total. The van der Waals surface area contributed by atoms with Gasteiger partial charge < -0.3 is 4.90 Å². The van der Waals surface area contributed by atoms with Gasteiger partial charge in [0.15, 0.2) is 0 Å². The molecule has 1 saturated carbocycles. The molecule has 8 heteroatoms. The van der Waals surface area contributed by atoms with Crippen molar-refractivity contribution < 1.29 is 13.2 Å². The largest absolute Gasteiger partial charge is 0.339 e. The molecule has 0 unspecified atom stereocenters. The van der Waals surface area contributed by atoms with Gasteiger partial charge in [-0.15, -0.1) is 0 Å². The zero-order valence-corrected chi connectivity index (χ0v) is 12.9. The first-order chi connectivity index (χ1) is 8.71. The third-order valence-corrected chi connectivity index (χ3v) is 5.00. The van der Waals surface area contributed by atoms with Gasteiger partial charge in [0.2, 0.25) is 0 Å². The fraction of sp³-hybridized carbons (Fsp3) is 0.364. The van der Waals surface area contributed by atoms with E-state index in [0.717, 1.165) is 18.9 Å². The Morgan fingerprint density at radius 1 is 1.32 bits per heavy atom. The van der Waals surface area contributed by atoms with Crippen LogP contribution in [-0.4, -0.2) is 32.3 Å². The van der Waals surface area contributed by atoms with Crippen LogP contribution in [0.5, 0.6) is 0 Å². The lowest BCUT2D eigenvalue weighted by Gasteiger charge is -2.18. The van der Waals surface area contributed by atoms with Gasteiger partial charge in [-0.1, -0.05) is 23.2 Å². The fourth-order valence-corrected chi connectivity index (χ4v) is 3.57. The Kier molecular flexibility index (Phi) is 4.02. The molecule has 0 atom stereocenters. The van der Waals surface area contributed by atoms with Crippen molar-refractivity contribution in [3.8, 4) is 0 Å². The van der Waals surface area contributed by atoms with Crippen LogP contribution in [0.15, 0.2) is 17.0 Å². The van der Waals surface area contributed by atoms with Crippen molar-refractivity contribution >= 4 is 48.8 Å². The zero-order valence-electron chi connectivity index (χ0n) is 9.86. The summed E-state index contributed by atoms with van der Waals surface area (Å²) >= 11 is 11.8. The lowest BCUT2D eigenvalue weighted by Crippen LogP contribution is -2.29. The molecular formula is C11H10Cl3NO3S. The molecule has 1 amide bonds. The maximum absolute atomic E-state index is 12.2. The molecule has 104 valence electrons. The summed E-state index contributed by atoms with van der Waals surface area (Å²) in [6.45, 7) is 0. The summed E-state index contributed by atoms with van der Waals surface area (Å²) in [5, 5.41) is -0.104. The molecule has 0 spiro atoms. The van der Waals surface area contributed by atoms with Crippen molar-refractivity contribution in [1.82, 2.24) is 4.90 Å². The Morgan fingerprint density at radius 2 is 1.89 bits per heavy atom.